The second-order valence-electron chi connectivity index (χ2n) is 2.59. The van der Waals surface area contributed by atoms with Crippen molar-refractivity contribution in [3.63, 3.8) is 0 Å². The van der Waals surface area contributed by atoms with Crippen LogP contribution in [-0.4, -0.2) is 34.1 Å². The molecule has 0 saturated heterocycles. The highest BCUT2D eigenvalue weighted by Gasteiger charge is 1.98. The average molecular weight is 228 g/mol. The molecule has 0 aliphatic carbocycles. The SMILES string of the molecule is O=C(CO)OCc1ccccc1.O=C(O)O. The molecular formula is C10H12O6. The minimum atomic E-state index is -1.83. The fraction of sp³-hybridized carbons (Fsp3) is 0.200. The molecule has 6 nitrogen and oxygen atoms in total. The minimum Gasteiger partial charge on any atom is -0.459 e. The van der Waals surface area contributed by atoms with Gasteiger partial charge in [-0.25, -0.2) is 9.59 Å². The fourth-order valence-electron chi connectivity index (χ4n) is 0.784. The summed E-state index contributed by atoms with van der Waals surface area (Å²) in [6.07, 6.45) is -1.83. The van der Waals surface area contributed by atoms with Crippen LogP contribution >= 0.6 is 0 Å². The molecule has 88 valence electrons. The van der Waals surface area contributed by atoms with Gasteiger partial charge < -0.3 is 20.1 Å². The lowest BCUT2D eigenvalue weighted by atomic mass is 10.2. The molecule has 0 saturated carbocycles. The van der Waals surface area contributed by atoms with Crippen molar-refractivity contribution in [2.75, 3.05) is 6.61 Å². The van der Waals surface area contributed by atoms with Crippen LogP contribution in [0.15, 0.2) is 30.3 Å². The number of carbonyl (C=O) groups is 2. The van der Waals surface area contributed by atoms with Gasteiger partial charge in [0.2, 0.25) is 0 Å². The maximum atomic E-state index is 10.5. The Hall–Kier alpha value is -2.08. The standard InChI is InChI=1S/C9H10O3.CH2O3/c10-6-9(11)12-7-8-4-2-1-3-5-8;2-1(3)4/h1-5,10H,6-7H2;(H2,2,3,4). The van der Waals surface area contributed by atoms with E-state index in [0.29, 0.717) is 0 Å². The van der Waals surface area contributed by atoms with E-state index in [1.807, 2.05) is 30.3 Å². The van der Waals surface area contributed by atoms with Gasteiger partial charge in [-0.05, 0) is 5.56 Å². The third kappa shape index (κ3) is 8.52. The quantitative estimate of drug-likeness (QED) is 0.665. The van der Waals surface area contributed by atoms with Gasteiger partial charge in [0.25, 0.3) is 0 Å². The molecule has 0 heterocycles. The number of aliphatic hydroxyl groups is 1. The molecule has 0 bridgehead atoms. The molecule has 0 spiro atoms. The monoisotopic (exact) mass is 228 g/mol. The van der Waals surface area contributed by atoms with E-state index in [0.717, 1.165) is 5.56 Å². The number of esters is 1. The third-order valence-electron chi connectivity index (χ3n) is 1.37. The van der Waals surface area contributed by atoms with Crippen molar-refractivity contribution in [3.05, 3.63) is 35.9 Å². The van der Waals surface area contributed by atoms with Gasteiger partial charge in [-0.1, -0.05) is 30.3 Å². The van der Waals surface area contributed by atoms with Crippen LogP contribution in [0.1, 0.15) is 5.56 Å². The third-order valence-corrected chi connectivity index (χ3v) is 1.37. The number of aliphatic hydroxyl groups excluding tert-OH is 1. The van der Waals surface area contributed by atoms with Crippen molar-refractivity contribution in [2.45, 2.75) is 6.61 Å². The average Bonchev–Trinajstić information content (AvgIpc) is 2.26. The van der Waals surface area contributed by atoms with E-state index in [-0.39, 0.29) is 6.61 Å². The molecule has 0 aromatic heterocycles. The van der Waals surface area contributed by atoms with Crippen molar-refractivity contribution in [2.24, 2.45) is 0 Å². The van der Waals surface area contributed by atoms with Crippen LogP contribution in [0.4, 0.5) is 4.79 Å². The van der Waals surface area contributed by atoms with Crippen molar-refractivity contribution in [1.82, 2.24) is 0 Å². The highest BCUT2D eigenvalue weighted by molar-refractivity contribution is 5.70. The summed E-state index contributed by atoms with van der Waals surface area (Å²) in [7, 11) is 0. The number of ether oxygens (including phenoxy) is 1. The largest absolute Gasteiger partial charge is 0.503 e. The maximum absolute atomic E-state index is 10.5. The Morgan fingerprint density at radius 1 is 1.12 bits per heavy atom. The molecule has 1 rings (SSSR count). The molecule has 0 atom stereocenters. The van der Waals surface area contributed by atoms with Crippen LogP contribution in [0.2, 0.25) is 0 Å². The zero-order valence-electron chi connectivity index (χ0n) is 8.37. The van der Waals surface area contributed by atoms with Gasteiger partial charge >= 0.3 is 12.1 Å². The molecule has 0 aliphatic rings. The molecule has 16 heavy (non-hydrogen) atoms. The van der Waals surface area contributed by atoms with Crippen LogP contribution < -0.4 is 0 Å². The Morgan fingerprint density at radius 3 is 2.06 bits per heavy atom. The molecule has 0 fully saturated rings. The second-order valence-corrected chi connectivity index (χ2v) is 2.59. The number of hydrogen-bond donors (Lipinski definition) is 3. The summed E-state index contributed by atoms with van der Waals surface area (Å²) in [6.45, 7) is -0.340. The second kappa shape index (κ2) is 8.25. The summed E-state index contributed by atoms with van der Waals surface area (Å²) in [4.78, 5) is 19.1. The van der Waals surface area contributed by atoms with E-state index in [2.05, 4.69) is 4.74 Å². The van der Waals surface area contributed by atoms with E-state index < -0.39 is 18.7 Å². The number of carboxylic acid groups (broad SMARTS) is 2. The fourth-order valence-corrected chi connectivity index (χ4v) is 0.784. The molecule has 0 unspecified atom stereocenters. The van der Waals surface area contributed by atoms with E-state index >= 15 is 0 Å². The predicted octanol–water partition coefficient (Wildman–Crippen LogP) is 0.945. The van der Waals surface area contributed by atoms with Gasteiger partial charge in [0.1, 0.15) is 13.2 Å². The van der Waals surface area contributed by atoms with Gasteiger partial charge in [0, 0.05) is 0 Å². The molecule has 3 N–H and O–H groups in total. The first kappa shape index (κ1) is 13.9. The Labute approximate surface area is 91.7 Å². The molecule has 0 aliphatic heterocycles. The Morgan fingerprint density at radius 2 is 1.62 bits per heavy atom. The topological polar surface area (TPSA) is 104 Å². The first-order valence-corrected chi connectivity index (χ1v) is 4.28. The Balaban J connectivity index is 0.000000487. The van der Waals surface area contributed by atoms with Crippen molar-refractivity contribution in [3.8, 4) is 0 Å². The van der Waals surface area contributed by atoms with Crippen molar-refractivity contribution in [1.29, 1.82) is 0 Å². The zero-order valence-corrected chi connectivity index (χ0v) is 8.37. The molecule has 0 radical (unpaired) electrons. The first-order valence-electron chi connectivity index (χ1n) is 4.28. The summed E-state index contributed by atoms with van der Waals surface area (Å²) in [5.74, 6) is -0.598. The predicted molar refractivity (Wildman–Crippen MR) is 54.0 cm³/mol. The number of benzene rings is 1. The maximum Gasteiger partial charge on any atom is 0.503 e. The minimum absolute atomic E-state index is 0.222. The van der Waals surface area contributed by atoms with Gasteiger partial charge in [-0.15, -0.1) is 0 Å². The lowest BCUT2D eigenvalue weighted by Gasteiger charge is -2.01. The molecular weight excluding hydrogens is 216 g/mol. The van der Waals surface area contributed by atoms with E-state index in [1.165, 1.54) is 0 Å². The molecule has 0 amide bonds. The van der Waals surface area contributed by atoms with Gasteiger partial charge in [0.15, 0.2) is 0 Å². The van der Waals surface area contributed by atoms with E-state index in [9.17, 15) is 4.79 Å². The van der Waals surface area contributed by atoms with Crippen LogP contribution in [-0.2, 0) is 16.1 Å². The van der Waals surface area contributed by atoms with E-state index in [1.54, 1.807) is 0 Å². The lowest BCUT2D eigenvalue weighted by Crippen LogP contribution is -2.08. The Bertz CT molecular complexity index is 317. The van der Waals surface area contributed by atoms with Crippen LogP contribution in [0.25, 0.3) is 0 Å². The highest BCUT2D eigenvalue weighted by atomic mass is 16.6. The highest BCUT2D eigenvalue weighted by Crippen LogP contribution is 1.99. The first-order chi connectivity index (χ1) is 7.56. The van der Waals surface area contributed by atoms with Crippen molar-refractivity contribution >= 4 is 12.1 Å². The summed E-state index contributed by atoms with van der Waals surface area (Å²) in [6, 6.07) is 9.32. The smallest absolute Gasteiger partial charge is 0.459 e. The number of hydrogen-bond acceptors (Lipinski definition) is 4. The van der Waals surface area contributed by atoms with Crippen LogP contribution in [0.5, 0.6) is 0 Å². The molecule has 1 aromatic rings. The van der Waals surface area contributed by atoms with Gasteiger partial charge in [0.05, 0.1) is 0 Å². The van der Waals surface area contributed by atoms with Crippen LogP contribution in [0, 0.1) is 0 Å². The summed E-state index contributed by atoms with van der Waals surface area (Å²) < 4.78 is 4.69. The number of carbonyl (C=O) groups excluding carboxylic acids is 1. The summed E-state index contributed by atoms with van der Waals surface area (Å²) in [5.41, 5.74) is 0.916. The summed E-state index contributed by atoms with van der Waals surface area (Å²) >= 11 is 0. The number of rotatable bonds is 3. The summed E-state index contributed by atoms with van der Waals surface area (Å²) in [5, 5.41) is 22.3. The van der Waals surface area contributed by atoms with E-state index in [4.69, 9.17) is 20.1 Å². The Kier molecular flexibility index (Phi) is 7.17. The molecule has 1 aromatic carbocycles. The van der Waals surface area contributed by atoms with Gasteiger partial charge in [-0.3, -0.25) is 0 Å². The van der Waals surface area contributed by atoms with Crippen molar-refractivity contribution < 1.29 is 29.6 Å². The normalized spacial score (nSPS) is 8.56. The van der Waals surface area contributed by atoms with Gasteiger partial charge in [-0.2, -0.15) is 0 Å². The zero-order chi connectivity index (χ0) is 12.4. The molecule has 6 heteroatoms. The lowest BCUT2D eigenvalue weighted by molar-refractivity contribution is -0.148. The van der Waals surface area contributed by atoms with Crippen LogP contribution in [0.3, 0.4) is 0 Å².